The predicted molar refractivity (Wildman–Crippen MR) is 139 cm³/mol. The lowest BCUT2D eigenvalue weighted by Crippen LogP contribution is -2.31. The molecule has 0 radical (unpaired) electrons. The van der Waals surface area contributed by atoms with Crippen LogP contribution in [0.5, 0.6) is 0 Å². The molecule has 0 aliphatic carbocycles. The van der Waals surface area contributed by atoms with Crippen LogP contribution in [0.15, 0.2) is 68.8 Å². The third-order valence-corrected chi connectivity index (χ3v) is 8.72. The molecule has 0 spiro atoms. The highest BCUT2D eigenvalue weighted by Gasteiger charge is 2.31. The monoisotopic (exact) mass is 544 g/mol. The van der Waals surface area contributed by atoms with Gasteiger partial charge in [0, 0.05) is 40.7 Å². The second-order valence-electron chi connectivity index (χ2n) is 8.83. The molecular formula is C27H27F3N4O3S. The number of alkyl halides is 3. The topological polar surface area (TPSA) is 104 Å². The van der Waals surface area contributed by atoms with E-state index in [2.05, 4.69) is 9.68 Å². The summed E-state index contributed by atoms with van der Waals surface area (Å²) in [5.74, 6) is -0.681. The lowest BCUT2D eigenvalue weighted by atomic mass is 9.99. The molecule has 1 heterocycles. The number of carbonyl (C=O) groups excluding carboxylic acids is 1. The van der Waals surface area contributed by atoms with E-state index in [0.29, 0.717) is 22.7 Å². The van der Waals surface area contributed by atoms with E-state index in [1.165, 1.54) is 18.3 Å². The SMILES string of the molecule is CCn1cc(C(=O)NCc2ccc(S(=O)(=NC#N)C(C)C)cc2)c(=O)c(-c2cccc(C(F)(F)F)c2)c1C. The second kappa shape index (κ2) is 11.2. The number of rotatable bonds is 7. The van der Waals surface area contributed by atoms with Crippen molar-refractivity contribution in [1.29, 1.82) is 5.26 Å². The summed E-state index contributed by atoms with van der Waals surface area (Å²) >= 11 is 0. The number of aromatic nitrogens is 1. The van der Waals surface area contributed by atoms with Crippen LogP contribution in [0.3, 0.4) is 0 Å². The van der Waals surface area contributed by atoms with Gasteiger partial charge in [-0.25, -0.2) is 4.21 Å². The fourth-order valence-corrected chi connectivity index (χ4v) is 5.51. The molecule has 11 heteroatoms. The summed E-state index contributed by atoms with van der Waals surface area (Å²) in [6.45, 7) is 7.26. The Morgan fingerprint density at radius 3 is 2.39 bits per heavy atom. The molecule has 7 nitrogen and oxygen atoms in total. The van der Waals surface area contributed by atoms with Crippen molar-refractivity contribution in [2.45, 2.75) is 57.1 Å². The van der Waals surface area contributed by atoms with Crippen molar-refractivity contribution in [1.82, 2.24) is 9.88 Å². The highest BCUT2D eigenvalue weighted by Crippen LogP contribution is 2.32. The number of pyridine rings is 1. The lowest BCUT2D eigenvalue weighted by Gasteiger charge is -2.17. The van der Waals surface area contributed by atoms with Gasteiger partial charge in [0.15, 0.2) is 0 Å². The van der Waals surface area contributed by atoms with E-state index in [9.17, 15) is 27.0 Å². The van der Waals surface area contributed by atoms with Crippen molar-refractivity contribution in [2.75, 3.05) is 0 Å². The first kappa shape index (κ1) is 28.7. The molecule has 1 N–H and O–H groups in total. The van der Waals surface area contributed by atoms with Crippen LogP contribution < -0.4 is 10.7 Å². The Bertz CT molecular complexity index is 1580. The third-order valence-electron chi connectivity index (χ3n) is 6.14. The fraction of sp³-hybridized carbons (Fsp3) is 0.296. The number of hydrogen-bond acceptors (Lipinski definition) is 5. The van der Waals surface area contributed by atoms with Gasteiger partial charge in [-0.3, -0.25) is 9.59 Å². The van der Waals surface area contributed by atoms with Crippen molar-refractivity contribution < 1.29 is 22.2 Å². The van der Waals surface area contributed by atoms with Crippen molar-refractivity contribution in [3.63, 3.8) is 0 Å². The number of nitrogens with one attached hydrogen (secondary N) is 1. The van der Waals surface area contributed by atoms with E-state index in [0.717, 1.165) is 12.1 Å². The number of aryl methyl sites for hydroxylation is 1. The molecule has 0 saturated carbocycles. The van der Waals surface area contributed by atoms with Gasteiger partial charge >= 0.3 is 6.18 Å². The van der Waals surface area contributed by atoms with Gasteiger partial charge in [-0.2, -0.15) is 18.4 Å². The average Bonchev–Trinajstić information content (AvgIpc) is 2.87. The van der Waals surface area contributed by atoms with Gasteiger partial charge in [0.25, 0.3) is 5.91 Å². The number of nitriles is 1. The fourth-order valence-electron chi connectivity index (χ4n) is 4.01. The Balaban J connectivity index is 1.93. The summed E-state index contributed by atoms with van der Waals surface area (Å²) in [5, 5.41) is 11.2. The first-order chi connectivity index (χ1) is 17.8. The van der Waals surface area contributed by atoms with E-state index < -0.39 is 32.8 Å². The molecule has 2 aromatic carbocycles. The van der Waals surface area contributed by atoms with Crippen LogP contribution in [0.4, 0.5) is 13.2 Å². The van der Waals surface area contributed by atoms with Crippen molar-refractivity contribution >= 4 is 15.6 Å². The van der Waals surface area contributed by atoms with Crippen molar-refractivity contribution in [2.24, 2.45) is 4.36 Å². The normalized spacial score (nSPS) is 13.0. The number of benzene rings is 2. The Hall–Kier alpha value is -3.91. The summed E-state index contributed by atoms with van der Waals surface area (Å²) in [7, 11) is -2.92. The standard InChI is InChI=1S/C27H27F3N4O3S/c1-5-34-15-23(25(35)24(18(34)4)20-7-6-8-21(13-20)27(28,29)30)26(36)32-14-19-9-11-22(12-10-19)38(37,17(2)3)33-16-31/h6-13,15,17H,5,14H2,1-4H3,(H,32,36). The number of amides is 1. The molecule has 1 aromatic heterocycles. The molecule has 0 fully saturated rings. The van der Waals surface area contributed by atoms with Crippen molar-refractivity contribution in [3.05, 3.63) is 87.3 Å². The molecule has 1 atom stereocenters. The average molecular weight is 545 g/mol. The van der Waals surface area contributed by atoms with Crippen molar-refractivity contribution in [3.8, 4) is 17.3 Å². The predicted octanol–water partition coefficient (Wildman–Crippen LogP) is 5.51. The van der Waals surface area contributed by atoms with Gasteiger partial charge in [-0.15, -0.1) is 4.36 Å². The molecule has 0 bridgehead atoms. The second-order valence-corrected chi connectivity index (χ2v) is 11.6. The third kappa shape index (κ3) is 5.81. The number of hydrogen-bond donors (Lipinski definition) is 1. The van der Waals surface area contributed by atoms with E-state index >= 15 is 0 Å². The van der Waals surface area contributed by atoms with Crippen LogP contribution in [0.2, 0.25) is 0 Å². The molecule has 0 aliphatic heterocycles. The molecule has 0 aliphatic rings. The summed E-state index contributed by atoms with van der Waals surface area (Å²) in [4.78, 5) is 26.7. The summed E-state index contributed by atoms with van der Waals surface area (Å²) in [5.41, 5.74) is -0.567. The molecule has 0 saturated heterocycles. The number of carbonyl (C=O) groups is 1. The summed E-state index contributed by atoms with van der Waals surface area (Å²) < 4.78 is 58.2. The smallest absolute Gasteiger partial charge is 0.350 e. The van der Waals surface area contributed by atoms with E-state index in [-0.39, 0.29) is 28.5 Å². The minimum absolute atomic E-state index is 0.0274. The van der Waals surface area contributed by atoms with E-state index in [1.807, 2.05) is 0 Å². The Morgan fingerprint density at radius 1 is 1.18 bits per heavy atom. The van der Waals surface area contributed by atoms with Gasteiger partial charge in [0.2, 0.25) is 11.6 Å². The van der Waals surface area contributed by atoms with Gasteiger partial charge < -0.3 is 9.88 Å². The summed E-state index contributed by atoms with van der Waals surface area (Å²) in [6.07, 6.45) is -1.57. The molecule has 3 aromatic rings. The maximum atomic E-state index is 13.3. The Morgan fingerprint density at radius 2 is 1.84 bits per heavy atom. The van der Waals surface area contributed by atoms with Crippen LogP contribution in [0.25, 0.3) is 11.1 Å². The van der Waals surface area contributed by atoms with Crippen LogP contribution in [0.1, 0.15) is 48.0 Å². The van der Waals surface area contributed by atoms with Crippen LogP contribution in [-0.2, 0) is 29.0 Å². The maximum Gasteiger partial charge on any atom is 0.416 e. The van der Waals surface area contributed by atoms with Crippen LogP contribution in [0, 0.1) is 18.4 Å². The quantitative estimate of drug-likeness (QED) is 0.396. The van der Waals surface area contributed by atoms with E-state index in [4.69, 9.17) is 5.26 Å². The highest BCUT2D eigenvalue weighted by atomic mass is 32.2. The van der Waals surface area contributed by atoms with Gasteiger partial charge in [-0.05, 0) is 63.1 Å². The van der Waals surface area contributed by atoms with E-state index in [1.54, 1.807) is 62.7 Å². The van der Waals surface area contributed by atoms with Gasteiger partial charge in [0.05, 0.1) is 15.3 Å². The van der Waals surface area contributed by atoms with Gasteiger partial charge in [-0.1, -0.05) is 24.3 Å². The Labute approximate surface area is 219 Å². The zero-order valence-electron chi connectivity index (χ0n) is 21.3. The number of halogens is 3. The molecule has 200 valence electrons. The zero-order chi connectivity index (χ0) is 28.3. The number of nitrogens with zero attached hydrogens (tertiary/aromatic N) is 3. The van der Waals surface area contributed by atoms with Crippen LogP contribution >= 0.6 is 0 Å². The van der Waals surface area contributed by atoms with Gasteiger partial charge in [0.1, 0.15) is 5.56 Å². The summed E-state index contributed by atoms with van der Waals surface area (Å²) in [6, 6.07) is 10.9. The molecular weight excluding hydrogens is 517 g/mol. The molecule has 38 heavy (non-hydrogen) atoms. The minimum atomic E-state index is -4.58. The molecule has 1 amide bonds. The first-order valence-electron chi connectivity index (χ1n) is 11.8. The Kier molecular flexibility index (Phi) is 8.47. The van der Waals surface area contributed by atoms with Crippen LogP contribution in [-0.4, -0.2) is 19.9 Å². The lowest BCUT2D eigenvalue weighted by molar-refractivity contribution is -0.137. The largest absolute Gasteiger partial charge is 0.416 e. The molecule has 1 unspecified atom stereocenters. The zero-order valence-corrected chi connectivity index (χ0v) is 22.1. The molecule has 3 rings (SSSR count). The highest BCUT2D eigenvalue weighted by molar-refractivity contribution is 7.94. The maximum absolute atomic E-state index is 13.3. The first-order valence-corrected chi connectivity index (χ1v) is 13.3. The minimum Gasteiger partial charge on any atom is -0.350 e.